The Morgan fingerprint density at radius 1 is 1.26 bits per heavy atom. The number of rotatable bonds is 6. The molecule has 0 spiro atoms. The quantitative estimate of drug-likeness (QED) is 0.505. The molecule has 5 rings (SSSR count). The summed E-state index contributed by atoms with van der Waals surface area (Å²) in [7, 11) is 1.65. The molecule has 0 saturated carbocycles. The molecule has 0 amide bonds. The number of benzene rings is 1. The summed E-state index contributed by atoms with van der Waals surface area (Å²) in [6.45, 7) is 1.29. The largest absolute Gasteiger partial charge is 0.497 e. The fourth-order valence-corrected chi connectivity index (χ4v) is 5.48. The third kappa shape index (κ3) is 4.11. The number of methoxy groups -OCH3 is 1. The van der Waals surface area contributed by atoms with E-state index in [4.69, 9.17) is 4.74 Å². The number of aryl methyl sites for hydroxylation is 1. The van der Waals surface area contributed by atoms with Crippen molar-refractivity contribution < 1.29 is 4.74 Å². The van der Waals surface area contributed by atoms with Gasteiger partial charge in [-0.3, -0.25) is 14.3 Å². The van der Waals surface area contributed by atoms with Crippen molar-refractivity contribution in [1.82, 2.24) is 19.9 Å². The molecule has 6 nitrogen and oxygen atoms in total. The van der Waals surface area contributed by atoms with Gasteiger partial charge in [-0.25, -0.2) is 4.98 Å². The number of fused-ring (bicyclic) bond motifs is 3. The average Bonchev–Trinajstić information content (AvgIpc) is 3.19. The van der Waals surface area contributed by atoms with Gasteiger partial charge in [-0.2, -0.15) is 0 Å². The predicted molar refractivity (Wildman–Crippen MR) is 123 cm³/mol. The summed E-state index contributed by atoms with van der Waals surface area (Å²) >= 11 is 1.66. The van der Waals surface area contributed by atoms with E-state index < -0.39 is 0 Å². The predicted octanol–water partition coefficient (Wildman–Crippen LogP) is 3.56. The molecular weight excluding hydrogens is 408 g/mol. The van der Waals surface area contributed by atoms with Gasteiger partial charge in [0.1, 0.15) is 10.6 Å². The van der Waals surface area contributed by atoms with Gasteiger partial charge in [-0.1, -0.05) is 18.2 Å². The maximum atomic E-state index is 13.3. The summed E-state index contributed by atoms with van der Waals surface area (Å²) in [5.41, 5.74) is 3.45. The van der Waals surface area contributed by atoms with Crippen LogP contribution in [0.2, 0.25) is 0 Å². The molecule has 0 fully saturated rings. The first kappa shape index (κ1) is 19.9. The monoisotopic (exact) mass is 432 g/mol. The summed E-state index contributed by atoms with van der Waals surface area (Å²) in [6, 6.07) is 12.3. The molecule has 1 atom stereocenters. The highest BCUT2D eigenvalue weighted by Crippen LogP contribution is 2.33. The van der Waals surface area contributed by atoms with Gasteiger partial charge in [0.15, 0.2) is 0 Å². The van der Waals surface area contributed by atoms with Gasteiger partial charge in [0.25, 0.3) is 5.56 Å². The van der Waals surface area contributed by atoms with Crippen LogP contribution < -0.4 is 15.6 Å². The molecule has 3 heterocycles. The number of nitrogens with one attached hydrogen (secondary N) is 1. The van der Waals surface area contributed by atoms with Crippen LogP contribution in [0.3, 0.4) is 0 Å². The Balaban J connectivity index is 1.37. The standard InChI is InChI=1S/C24H24N4O2S/c1-30-19-6-2-4-16(10-19)14-28-15-27-23-22(24(28)29)20-8-7-18(11-21(20)31-23)26-13-17-5-3-9-25-12-17/h2-6,9-10,12,15,18,26H,7-8,11,13-14H2,1H3. The number of nitrogens with zero attached hydrogens (tertiary/aromatic N) is 3. The molecule has 4 aromatic rings. The molecule has 0 aliphatic heterocycles. The highest BCUT2D eigenvalue weighted by atomic mass is 32.1. The molecule has 1 aliphatic rings. The molecule has 158 valence electrons. The zero-order chi connectivity index (χ0) is 21.2. The third-order valence-electron chi connectivity index (χ3n) is 5.84. The molecule has 1 aliphatic carbocycles. The van der Waals surface area contributed by atoms with E-state index in [0.717, 1.165) is 47.3 Å². The Kier molecular flexibility index (Phi) is 5.53. The highest BCUT2D eigenvalue weighted by molar-refractivity contribution is 7.18. The molecule has 1 aromatic carbocycles. The van der Waals surface area contributed by atoms with Crippen molar-refractivity contribution in [3.05, 3.63) is 87.0 Å². The topological polar surface area (TPSA) is 69.0 Å². The number of hydrogen-bond donors (Lipinski definition) is 1. The number of thiophene rings is 1. The van der Waals surface area contributed by atoms with Crippen LogP contribution in [0.1, 0.15) is 28.0 Å². The number of ether oxygens (including phenoxy) is 1. The minimum Gasteiger partial charge on any atom is -0.497 e. The van der Waals surface area contributed by atoms with Gasteiger partial charge in [-0.05, 0) is 54.2 Å². The summed E-state index contributed by atoms with van der Waals surface area (Å²) in [6.07, 6.45) is 8.22. The van der Waals surface area contributed by atoms with Crippen LogP contribution in [0.25, 0.3) is 10.2 Å². The molecular formula is C24H24N4O2S. The number of hydrogen-bond acceptors (Lipinski definition) is 6. The Morgan fingerprint density at radius 3 is 3.00 bits per heavy atom. The van der Waals surface area contributed by atoms with E-state index >= 15 is 0 Å². The normalized spacial score (nSPS) is 15.7. The van der Waals surface area contributed by atoms with E-state index in [-0.39, 0.29) is 5.56 Å². The minimum atomic E-state index is 0.0482. The Morgan fingerprint density at radius 2 is 2.16 bits per heavy atom. The number of pyridine rings is 1. The molecule has 0 saturated heterocycles. The van der Waals surface area contributed by atoms with Crippen LogP contribution in [0.4, 0.5) is 0 Å². The molecule has 1 N–H and O–H groups in total. The fraction of sp³-hybridized carbons (Fsp3) is 0.292. The first-order chi connectivity index (χ1) is 15.2. The van der Waals surface area contributed by atoms with Crippen molar-refractivity contribution in [3.63, 3.8) is 0 Å². The molecule has 31 heavy (non-hydrogen) atoms. The second-order valence-corrected chi connectivity index (χ2v) is 8.98. The lowest BCUT2D eigenvalue weighted by molar-refractivity contribution is 0.414. The fourth-order valence-electron chi connectivity index (χ4n) is 4.22. The highest BCUT2D eigenvalue weighted by Gasteiger charge is 2.25. The van der Waals surface area contributed by atoms with Crippen LogP contribution in [-0.2, 0) is 25.9 Å². The van der Waals surface area contributed by atoms with Gasteiger partial charge in [0, 0.05) is 29.9 Å². The Hall–Kier alpha value is -3.03. The van der Waals surface area contributed by atoms with E-state index in [1.54, 1.807) is 35.5 Å². The summed E-state index contributed by atoms with van der Waals surface area (Å²) < 4.78 is 7.01. The van der Waals surface area contributed by atoms with E-state index in [1.807, 2.05) is 36.5 Å². The van der Waals surface area contributed by atoms with E-state index in [0.29, 0.717) is 12.6 Å². The van der Waals surface area contributed by atoms with Crippen molar-refractivity contribution in [2.24, 2.45) is 0 Å². The first-order valence-electron chi connectivity index (χ1n) is 10.5. The molecule has 7 heteroatoms. The zero-order valence-corrected chi connectivity index (χ0v) is 18.2. The SMILES string of the molecule is COc1cccc(Cn2cnc3sc4c(c3c2=O)CCC(NCc2cccnc2)C4)c1. The zero-order valence-electron chi connectivity index (χ0n) is 17.4. The average molecular weight is 433 g/mol. The molecule has 1 unspecified atom stereocenters. The van der Waals surface area contributed by atoms with E-state index in [9.17, 15) is 4.79 Å². The Bertz CT molecular complexity index is 1270. The van der Waals surface area contributed by atoms with Gasteiger partial charge in [-0.15, -0.1) is 11.3 Å². The minimum absolute atomic E-state index is 0.0482. The second kappa shape index (κ2) is 8.61. The second-order valence-electron chi connectivity index (χ2n) is 7.89. The van der Waals surface area contributed by atoms with Crippen LogP contribution in [0.5, 0.6) is 5.75 Å². The van der Waals surface area contributed by atoms with Crippen molar-refractivity contribution >= 4 is 21.6 Å². The van der Waals surface area contributed by atoms with Gasteiger partial charge in [0.2, 0.25) is 0 Å². The van der Waals surface area contributed by atoms with Crippen molar-refractivity contribution in [1.29, 1.82) is 0 Å². The van der Waals surface area contributed by atoms with Gasteiger partial charge < -0.3 is 10.1 Å². The van der Waals surface area contributed by atoms with Gasteiger partial charge in [0.05, 0.1) is 25.4 Å². The summed E-state index contributed by atoms with van der Waals surface area (Å²) in [4.78, 5) is 24.2. The van der Waals surface area contributed by atoms with E-state index in [2.05, 4.69) is 21.4 Å². The van der Waals surface area contributed by atoms with Gasteiger partial charge >= 0.3 is 0 Å². The Labute approximate surface area is 184 Å². The maximum Gasteiger partial charge on any atom is 0.262 e. The maximum absolute atomic E-state index is 13.3. The molecule has 0 bridgehead atoms. The van der Waals surface area contributed by atoms with Crippen molar-refractivity contribution in [2.45, 2.75) is 38.4 Å². The van der Waals surface area contributed by atoms with Crippen LogP contribution in [0, 0.1) is 0 Å². The lowest BCUT2D eigenvalue weighted by atomic mass is 9.93. The smallest absolute Gasteiger partial charge is 0.262 e. The van der Waals surface area contributed by atoms with Crippen LogP contribution >= 0.6 is 11.3 Å². The lowest BCUT2D eigenvalue weighted by Gasteiger charge is -2.23. The van der Waals surface area contributed by atoms with Crippen molar-refractivity contribution in [3.8, 4) is 5.75 Å². The number of aromatic nitrogens is 3. The molecule has 3 aromatic heterocycles. The summed E-state index contributed by atoms with van der Waals surface area (Å²) in [5.74, 6) is 0.789. The van der Waals surface area contributed by atoms with Crippen molar-refractivity contribution in [2.75, 3.05) is 7.11 Å². The van der Waals surface area contributed by atoms with E-state index in [1.165, 1.54) is 16.0 Å². The molecule has 0 radical (unpaired) electrons. The summed E-state index contributed by atoms with van der Waals surface area (Å²) in [5, 5.41) is 4.45. The van der Waals surface area contributed by atoms with Crippen LogP contribution in [0.15, 0.2) is 59.9 Å². The lowest BCUT2D eigenvalue weighted by Crippen LogP contribution is -2.33. The first-order valence-corrected chi connectivity index (χ1v) is 11.3. The third-order valence-corrected chi connectivity index (χ3v) is 7.00. The van der Waals surface area contributed by atoms with Crippen LogP contribution in [-0.4, -0.2) is 27.7 Å².